The molecular formula is C14H11BrCl2FN. The Bertz CT molecular complexity index is 604. The fourth-order valence-electron chi connectivity index (χ4n) is 1.84. The number of benzene rings is 2. The van der Waals surface area contributed by atoms with Gasteiger partial charge in [0.15, 0.2) is 0 Å². The smallest absolute Gasteiger partial charge is 0.124 e. The molecule has 19 heavy (non-hydrogen) atoms. The molecule has 0 saturated carbocycles. The molecule has 0 aliphatic carbocycles. The molecule has 0 saturated heterocycles. The summed E-state index contributed by atoms with van der Waals surface area (Å²) in [6, 6.07) is 9.53. The maximum Gasteiger partial charge on any atom is 0.124 e. The van der Waals surface area contributed by atoms with Crippen molar-refractivity contribution in [2.24, 2.45) is 5.73 Å². The van der Waals surface area contributed by atoms with Crippen molar-refractivity contribution >= 4 is 39.1 Å². The summed E-state index contributed by atoms with van der Waals surface area (Å²) in [7, 11) is 0. The van der Waals surface area contributed by atoms with E-state index in [0.717, 1.165) is 15.6 Å². The summed E-state index contributed by atoms with van der Waals surface area (Å²) in [5, 5.41) is 1.03. The third-order valence-corrected chi connectivity index (χ3v) is 4.09. The summed E-state index contributed by atoms with van der Waals surface area (Å²) >= 11 is 15.3. The Morgan fingerprint density at radius 3 is 2.53 bits per heavy atom. The highest BCUT2D eigenvalue weighted by Gasteiger charge is 2.13. The summed E-state index contributed by atoms with van der Waals surface area (Å²) in [5.74, 6) is -0.352. The van der Waals surface area contributed by atoms with Crippen LogP contribution >= 0.6 is 39.1 Å². The van der Waals surface area contributed by atoms with E-state index in [1.165, 1.54) is 12.1 Å². The Labute approximate surface area is 129 Å². The molecule has 2 aromatic carbocycles. The van der Waals surface area contributed by atoms with Crippen LogP contribution in [-0.2, 0) is 6.42 Å². The summed E-state index contributed by atoms with van der Waals surface area (Å²) in [4.78, 5) is 0. The predicted octanol–water partition coefficient (Wildman–Crippen LogP) is 5.14. The highest BCUT2D eigenvalue weighted by molar-refractivity contribution is 9.10. The molecule has 0 amide bonds. The first-order chi connectivity index (χ1) is 8.97. The van der Waals surface area contributed by atoms with Crippen molar-refractivity contribution in [2.45, 2.75) is 12.5 Å². The van der Waals surface area contributed by atoms with E-state index < -0.39 is 0 Å². The average Bonchev–Trinajstić information content (AvgIpc) is 2.32. The van der Waals surface area contributed by atoms with Crippen LogP contribution in [0.25, 0.3) is 0 Å². The highest BCUT2D eigenvalue weighted by Crippen LogP contribution is 2.29. The Morgan fingerprint density at radius 2 is 1.89 bits per heavy atom. The van der Waals surface area contributed by atoms with Gasteiger partial charge in [-0.2, -0.15) is 0 Å². The maximum absolute atomic E-state index is 13.0. The average molecular weight is 363 g/mol. The topological polar surface area (TPSA) is 26.0 Å². The molecule has 0 heterocycles. The van der Waals surface area contributed by atoms with Crippen molar-refractivity contribution in [3.8, 4) is 0 Å². The zero-order valence-corrected chi connectivity index (χ0v) is 12.9. The minimum Gasteiger partial charge on any atom is -0.324 e. The van der Waals surface area contributed by atoms with Gasteiger partial charge in [0, 0.05) is 20.6 Å². The molecule has 0 aliphatic heterocycles. The first-order valence-electron chi connectivity index (χ1n) is 5.62. The van der Waals surface area contributed by atoms with Crippen molar-refractivity contribution < 1.29 is 4.39 Å². The second-order valence-corrected chi connectivity index (χ2v) is 5.91. The second-order valence-electron chi connectivity index (χ2n) is 4.21. The molecule has 100 valence electrons. The van der Waals surface area contributed by atoms with Crippen molar-refractivity contribution in [2.75, 3.05) is 0 Å². The van der Waals surface area contributed by atoms with E-state index >= 15 is 0 Å². The van der Waals surface area contributed by atoms with Crippen LogP contribution in [0, 0.1) is 5.82 Å². The van der Waals surface area contributed by atoms with E-state index in [9.17, 15) is 4.39 Å². The van der Waals surface area contributed by atoms with Gasteiger partial charge in [0.2, 0.25) is 0 Å². The quantitative estimate of drug-likeness (QED) is 0.803. The number of nitrogens with two attached hydrogens (primary N) is 1. The Balaban J connectivity index is 2.23. The lowest BCUT2D eigenvalue weighted by Gasteiger charge is -2.15. The van der Waals surface area contributed by atoms with Crippen LogP contribution in [0.1, 0.15) is 17.2 Å². The number of rotatable bonds is 3. The van der Waals surface area contributed by atoms with Gasteiger partial charge in [-0.25, -0.2) is 4.39 Å². The molecule has 2 rings (SSSR count). The molecular weight excluding hydrogens is 352 g/mol. The molecule has 2 aromatic rings. The van der Waals surface area contributed by atoms with E-state index in [-0.39, 0.29) is 11.9 Å². The largest absolute Gasteiger partial charge is 0.324 e. The molecule has 0 radical (unpaired) electrons. The summed E-state index contributed by atoms with van der Waals surface area (Å²) in [6.45, 7) is 0. The number of halogens is 4. The van der Waals surface area contributed by atoms with Crippen molar-refractivity contribution in [3.05, 3.63) is 67.9 Å². The Hall–Kier alpha value is -0.610. The van der Waals surface area contributed by atoms with Gasteiger partial charge in [-0.3, -0.25) is 0 Å². The second kappa shape index (κ2) is 6.23. The molecule has 0 fully saturated rings. The molecule has 0 aromatic heterocycles. The van der Waals surface area contributed by atoms with Gasteiger partial charge in [-0.05, 0) is 41.8 Å². The van der Waals surface area contributed by atoms with Crippen LogP contribution in [0.4, 0.5) is 4.39 Å². The summed E-state index contributed by atoms with van der Waals surface area (Å²) in [5.41, 5.74) is 7.91. The van der Waals surface area contributed by atoms with Gasteiger partial charge in [-0.15, -0.1) is 0 Å². The van der Waals surface area contributed by atoms with Gasteiger partial charge in [0.25, 0.3) is 0 Å². The molecule has 0 spiro atoms. The molecule has 0 aliphatic rings. The van der Waals surface area contributed by atoms with Gasteiger partial charge >= 0.3 is 0 Å². The first-order valence-corrected chi connectivity index (χ1v) is 7.16. The molecule has 1 unspecified atom stereocenters. The maximum atomic E-state index is 13.0. The van der Waals surface area contributed by atoms with Gasteiger partial charge in [0.1, 0.15) is 5.82 Å². The lowest BCUT2D eigenvalue weighted by Crippen LogP contribution is -2.14. The molecule has 5 heteroatoms. The van der Waals surface area contributed by atoms with Crippen LogP contribution in [0.15, 0.2) is 40.9 Å². The van der Waals surface area contributed by atoms with Crippen molar-refractivity contribution in [1.82, 2.24) is 0 Å². The molecule has 1 nitrogen and oxygen atoms in total. The van der Waals surface area contributed by atoms with Crippen LogP contribution in [0.3, 0.4) is 0 Å². The van der Waals surface area contributed by atoms with Crippen molar-refractivity contribution in [3.63, 3.8) is 0 Å². The van der Waals surface area contributed by atoms with Crippen LogP contribution in [0.5, 0.6) is 0 Å². The van der Waals surface area contributed by atoms with Crippen LogP contribution in [-0.4, -0.2) is 0 Å². The fraction of sp³-hybridized carbons (Fsp3) is 0.143. The molecule has 0 bridgehead atoms. The monoisotopic (exact) mass is 361 g/mol. The standard InChI is InChI=1S/C14H11BrCl2FN/c15-12-6-9(16)2-4-11(12)14(19)5-8-1-3-10(18)7-13(8)17/h1-4,6-7,14H,5,19H2. The highest BCUT2D eigenvalue weighted by atomic mass is 79.9. The number of hydrogen-bond acceptors (Lipinski definition) is 1. The molecule has 1 atom stereocenters. The van der Waals surface area contributed by atoms with E-state index in [0.29, 0.717) is 16.5 Å². The summed E-state index contributed by atoms with van der Waals surface area (Å²) < 4.78 is 13.8. The van der Waals surface area contributed by atoms with Gasteiger partial charge in [-0.1, -0.05) is 51.3 Å². The van der Waals surface area contributed by atoms with Gasteiger partial charge < -0.3 is 5.73 Å². The first kappa shape index (κ1) is 14.8. The lowest BCUT2D eigenvalue weighted by molar-refractivity contribution is 0.625. The Morgan fingerprint density at radius 1 is 1.16 bits per heavy atom. The Kier molecular flexibility index (Phi) is 4.85. The zero-order valence-electron chi connectivity index (χ0n) is 9.84. The van der Waals surface area contributed by atoms with Gasteiger partial charge in [0.05, 0.1) is 0 Å². The van der Waals surface area contributed by atoms with E-state index in [2.05, 4.69) is 15.9 Å². The predicted molar refractivity (Wildman–Crippen MR) is 81.2 cm³/mol. The van der Waals surface area contributed by atoms with Crippen LogP contribution < -0.4 is 5.73 Å². The third-order valence-electron chi connectivity index (χ3n) is 2.82. The summed E-state index contributed by atoms with van der Waals surface area (Å²) in [6.07, 6.45) is 0.527. The van der Waals surface area contributed by atoms with Crippen molar-refractivity contribution in [1.29, 1.82) is 0 Å². The minimum atomic E-state index is -0.352. The lowest BCUT2D eigenvalue weighted by atomic mass is 10.00. The van der Waals surface area contributed by atoms with E-state index in [1.54, 1.807) is 18.2 Å². The number of hydrogen-bond donors (Lipinski definition) is 1. The zero-order chi connectivity index (χ0) is 14.0. The SMILES string of the molecule is NC(Cc1ccc(F)cc1Cl)c1ccc(Cl)cc1Br. The van der Waals surface area contributed by atoms with E-state index in [1.807, 2.05) is 6.07 Å². The van der Waals surface area contributed by atoms with E-state index in [4.69, 9.17) is 28.9 Å². The third kappa shape index (κ3) is 3.69. The molecule has 2 N–H and O–H groups in total. The normalized spacial score (nSPS) is 12.5. The fourth-order valence-corrected chi connectivity index (χ4v) is 3.06. The minimum absolute atomic E-state index is 0.241. The van der Waals surface area contributed by atoms with Crippen LogP contribution in [0.2, 0.25) is 10.0 Å².